The molecule has 0 radical (unpaired) electrons. The van der Waals surface area contributed by atoms with Crippen molar-refractivity contribution in [2.75, 3.05) is 12.4 Å². The summed E-state index contributed by atoms with van der Waals surface area (Å²) in [6, 6.07) is 12.9. The lowest BCUT2D eigenvalue weighted by Crippen LogP contribution is -2.40. The number of aryl methyl sites for hydroxylation is 1. The fourth-order valence-corrected chi connectivity index (χ4v) is 3.71. The lowest BCUT2D eigenvalue weighted by atomic mass is 9.83. The van der Waals surface area contributed by atoms with Crippen molar-refractivity contribution < 1.29 is 9.18 Å². The second-order valence-corrected chi connectivity index (χ2v) is 6.46. The van der Waals surface area contributed by atoms with Gasteiger partial charge in [-0.15, -0.1) is 0 Å². The molecule has 4 heteroatoms. The second-order valence-electron chi connectivity index (χ2n) is 6.46. The van der Waals surface area contributed by atoms with E-state index in [1.807, 2.05) is 54.9 Å². The van der Waals surface area contributed by atoms with Crippen molar-refractivity contribution in [2.24, 2.45) is 0 Å². The van der Waals surface area contributed by atoms with Crippen molar-refractivity contribution in [1.29, 1.82) is 0 Å². The van der Waals surface area contributed by atoms with Crippen LogP contribution in [0.4, 0.5) is 10.1 Å². The number of nitrogens with one attached hydrogen (secondary N) is 1. The molecule has 0 spiro atoms. The Balaban J connectivity index is 2.35. The summed E-state index contributed by atoms with van der Waals surface area (Å²) in [7, 11) is 1.77. The van der Waals surface area contributed by atoms with E-state index in [1.165, 1.54) is 12.1 Å². The number of benzene rings is 2. The Morgan fingerprint density at radius 2 is 1.88 bits per heavy atom. The number of Topliss-reactive ketones (excluding diaryl/α,β-unsaturated/α-hetero) is 1. The molecule has 1 unspecified atom stereocenters. The van der Waals surface area contributed by atoms with Gasteiger partial charge < -0.3 is 9.88 Å². The van der Waals surface area contributed by atoms with E-state index in [0.717, 1.165) is 16.5 Å². The molecule has 3 rings (SSSR count). The van der Waals surface area contributed by atoms with E-state index in [9.17, 15) is 9.18 Å². The van der Waals surface area contributed by atoms with Crippen LogP contribution in [0.2, 0.25) is 0 Å². The summed E-state index contributed by atoms with van der Waals surface area (Å²) in [5, 5.41) is 3.93. The zero-order valence-electron chi connectivity index (χ0n) is 15.1. The highest BCUT2D eigenvalue weighted by molar-refractivity contribution is 5.96. The lowest BCUT2D eigenvalue weighted by Gasteiger charge is -2.34. The quantitative estimate of drug-likeness (QED) is 0.720. The molecule has 3 nitrogen and oxygen atoms in total. The van der Waals surface area contributed by atoms with Crippen LogP contribution in [0.5, 0.6) is 0 Å². The molecule has 0 aliphatic rings. The highest BCUT2D eigenvalue weighted by atomic mass is 19.1. The molecule has 130 valence electrons. The molecule has 1 heterocycles. The van der Waals surface area contributed by atoms with Gasteiger partial charge in [-0.1, -0.05) is 36.8 Å². The molecule has 25 heavy (non-hydrogen) atoms. The summed E-state index contributed by atoms with van der Waals surface area (Å²) in [4.78, 5) is 12.8. The number of nitrogens with zero attached hydrogens (tertiary/aromatic N) is 1. The Morgan fingerprint density at radius 1 is 1.20 bits per heavy atom. The number of ketones is 1. The van der Waals surface area contributed by atoms with Gasteiger partial charge in [-0.25, -0.2) is 4.39 Å². The molecule has 0 saturated heterocycles. The molecule has 1 aromatic heterocycles. The molecule has 0 aliphatic heterocycles. The van der Waals surface area contributed by atoms with Gasteiger partial charge in [0.1, 0.15) is 11.4 Å². The molecule has 0 saturated carbocycles. The first-order chi connectivity index (χ1) is 11.9. The fourth-order valence-electron chi connectivity index (χ4n) is 3.71. The summed E-state index contributed by atoms with van der Waals surface area (Å²) in [6.45, 7) is 5.61. The van der Waals surface area contributed by atoms with Crippen molar-refractivity contribution in [1.82, 2.24) is 4.57 Å². The van der Waals surface area contributed by atoms with Gasteiger partial charge in [0, 0.05) is 24.3 Å². The molecule has 0 aliphatic carbocycles. The fraction of sp³-hybridized carbons (Fsp3) is 0.286. The molecule has 1 atom stereocenters. The van der Waals surface area contributed by atoms with Gasteiger partial charge in [0.2, 0.25) is 0 Å². The van der Waals surface area contributed by atoms with E-state index < -0.39 is 5.54 Å². The second kappa shape index (κ2) is 6.36. The minimum absolute atomic E-state index is 0.0339. The summed E-state index contributed by atoms with van der Waals surface area (Å²) >= 11 is 0. The van der Waals surface area contributed by atoms with Crippen molar-refractivity contribution in [3.63, 3.8) is 0 Å². The third-order valence-corrected chi connectivity index (χ3v) is 5.08. The van der Waals surface area contributed by atoms with Gasteiger partial charge in [-0.05, 0) is 44.0 Å². The Labute approximate surface area is 147 Å². The molecule has 0 bridgehead atoms. The van der Waals surface area contributed by atoms with Crippen LogP contribution in [0.3, 0.4) is 0 Å². The van der Waals surface area contributed by atoms with Crippen molar-refractivity contribution in [3.05, 3.63) is 65.6 Å². The summed E-state index contributed by atoms with van der Waals surface area (Å²) < 4.78 is 16.1. The number of rotatable bonds is 5. The van der Waals surface area contributed by atoms with Gasteiger partial charge >= 0.3 is 0 Å². The van der Waals surface area contributed by atoms with Crippen LogP contribution in [0.25, 0.3) is 10.9 Å². The van der Waals surface area contributed by atoms with Crippen LogP contribution in [0, 0.1) is 12.7 Å². The predicted octanol–water partition coefficient (Wildman–Crippen LogP) is 4.87. The smallest absolute Gasteiger partial charge is 0.160 e. The average molecular weight is 338 g/mol. The molecular formula is C21H23FN2O. The van der Waals surface area contributed by atoms with E-state index in [1.54, 1.807) is 14.0 Å². The Morgan fingerprint density at radius 3 is 2.44 bits per heavy atom. The average Bonchev–Trinajstić information content (AvgIpc) is 3.00. The maximum Gasteiger partial charge on any atom is 0.160 e. The van der Waals surface area contributed by atoms with E-state index in [2.05, 4.69) is 5.32 Å². The first-order valence-corrected chi connectivity index (χ1v) is 8.51. The third-order valence-electron chi connectivity index (χ3n) is 5.08. The Bertz CT molecular complexity index is 927. The van der Waals surface area contributed by atoms with Crippen LogP contribution in [-0.4, -0.2) is 17.4 Å². The minimum Gasteiger partial charge on any atom is -0.387 e. The molecule has 2 aromatic carbocycles. The first kappa shape index (κ1) is 17.2. The van der Waals surface area contributed by atoms with Crippen LogP contribution in [-0.2, 0) is 10.3 Å². The monoisotopic (exact) mass is 338 g/mol. The van der Waals surface area contributed by atoms with Gasteiger partial charge in [-0.3, -0.25) is 4.79 Å². The Hall–Kier alpha value is -2.62. The number of carbonyl (C=O) groups is 1. The van der Waals surface area contributed by atoms with Crippen LogP contribution < -0.4 is 5.32 Å². The zero-order valence-corrected chi connectivity index (χ0v) is 15.1. The minimum atomic E-state index is -0.853. The highest BCUT2D eigenvalue weighted by Gasteiger charge is 2.38. The molecule has 1 N–H and O–H groups in total. The topological polar surface area (TPSA) is 34.0 Å². The van der Waals surface area contributed by atoms with Gasteiger partial charge in [0.25, 0.3) is 0 Å². The number of fused-ring (bicyclic) bond motifs is 1. The molecule has 0 amide bonds. The number of hydrogen-bond donors (Lipinski definition) is 1. The standard InChI is InChI=1S/C21H23FN2O/c1-5-21(15(3)25,16-8-6-14(2)7-9-16)24-11-10-18-19(23-4)12-17(22)13-20(18)24/h6-13,23H,5H2,1-4H3. The zero-order chi connectivity index (χ0) is 18.2. The van der Waals surface area contributed by atoms with Crippen molar-refractivity contribution in [3.8, 4) is 0 Å². The van der Waals surface area contributed by atoms with E-state index in [-0.39, 0.29) is 11.6 Å². The number of halogens is 1. The number of carbonyl (C=O) groups excluding carboxylic acids is 1. The molecule has 3 aromatic rings. The largest absolute Gasteiger partial charge is 0.387 e. The predicted molar refractivity (Wildman–Crippen MR) is 101 cm³/mol. The van der Waals surface area contributed by atoms with E-state index >= 15 is 0 Å². The number of aromatic nitrogens is 1. The highest BCUT2D eigenvalue weighted by Crippen LogP contribution is 2.37. The SMILES string of the molecule is CCC(C(C)=O)(c1ccc(C)cc1)n1ccc2c(NC)cc(F)cc21. The number of hydrogen-bond acceptors (Lipinski definition) is 2. The molecule has 0 fully saturated rings. The maximum atomic E-state index is 14.2. The van der Waals surface area contributed by atoms with Crippen LogP contribution >= 0.6 is 0 Å². The van der Waals surface area contributed by atoms with Crippen molar-refractivity contribution >= 4 is 22.4 Å². The Kier molecular flexibility index (Phi) is 4.38. The maximum absolute atomic E-state index is 14.2. The summed E-state index contributed by atoms with van der Waals surface area (Å²) in [5.74, 6) is -0.291. The van der Waals surface area contributed by atoms with E-state index in [0.29, 0.717) is 17.6 Å². The summed E-state index contributed by atoms with van der Waals surface area (Å²) in [6.07, 6.45) is 2.47. The van der Waals surface area contributed by atoms with E-state index in [4.69, 9.17) is 0 Å². The van der Waals surface area contributed by atoms with Gasteiger partial charge in [0.05, 0.1) is 5.52 Å². The third kappa shape index (κ3) is 2.62. The first-order valence-electron chi connectivity index (χ1n) is 8.51. The normalized spacial score (nSPS) is 13.6. The molecular weight excluding hydrogens is 315 g/mol. The lowest BCUT2D eigenvalue weighted by molar-refractivity contribution is -0.123. The van der Waals surface area contributed by atoms with Gasteiger partial charge in [-0.2, -0.15) is 0 Å². The van der Waals surface area contributed by atoms with Crippen LogP contribution in [0.15, 0.2) is 48.7 Å². The number of anilines is 1. The van der Waals surface area contributed by atoms with Gasteiger partial charge in [0.15, 0.2) is 5.78 Å². The van der Waals surface area contributed by atoms with Crippen LogP contribution in [0.1, 0.15) is 31.4 Å². The summed E-state index contributed by atoms with van der Waals surface area (Å²) in [5.41, 5.74) is 2.63. The van der Waals surface area contributed by atoms with Crippen molar-refractivity contribution in [2.45, 2.75) is 32.7 Å².